The number of carbonyl (C=O) groups is 1. The van der Waals surface area contributed by atoms with Gasteiger partial charge in [-0.2, -0.15) is 0 Å². The largest absolute Gasteiger partial charge is 0.511 e. The number of ether oxygens (including phenoxy) is 1. The molecule has 0 atom stereocenters. The van der Waals surface area contributed by atoms with Gasteiger partial charge in [-0.1, -0.05) is 0 Å². The summed E-state index contributed by atoms with van der Waals surface area (Å²) in [5, 5.41) is 30.1. The van der Waals surface area contributed by atoms with Crippen molar-refractivity contribution in [1.82, 2.24) is 0 Å². The number of nitro benzene ring substituents is 1. The van der Waals surface area contributed by atoms with Gasteiger partial charge in [0.05, 0.1) is 9.40 Å². The summed E-state index contributed by atoms with van der Waals surface area (Å²) >= 11 is 3.17. The minimum absolute atomic E-state index is 0.0381. The van der Waals surface area contributed by atoms with Crippen LogP contribution in [0.25, 0.3) is 11.0 Å². The predicted molar refractivity (Wildman–Crippen MR) is 96.4 cm³/mol. The molecular formula is C17H10BrNO8. The zero-order valence-corrected chi connectivity index (χ0v) is 14.9. The fourth-order valence-electron chi connectivity index (χ4n) is 2.60. The molecule has 0 aliphatic rings. The normalized spacial score (nSPS) is 10.7. The molecule has 2 aromatic carbocycles. The molecule has 0 fully saturated rings. The number of phenolic OH excluding ortho intramolecular Hbond substituents is 1. The van der Waals surface area contributed by atoms with Gasteiger partial charge in [0.1, 0.15) is 17.1 Å². The summed E-state index contributed by atoms with van der Waals surface area (Å²) in [6.45, 7) is 0. The summed E-state index contributed by atoms with van der Waals surface area (Å²) in [5.74, 6) is -0.222. The third-order valence-corrected chi connectivity index (χ3v) is 4.37. The van der Waals surface area contributed by atoms with Crippen LogP contribution in [0.1, 0.15) is 11.1 Å². The van der Waals surface area contributed by atoms with E-state index >= 15 is 0 Å². The highest BCUT2D eigenvalue weighted by Crippen LogP contribution is 2.33. The lowest BCUT2D eigenvalue weighted by Crippen LogP contribution is -2.07. The zero-order valence-electron chi connectivity index (χ0n) is 13.3. The second-order valence-electron chi connectivity index (χ2n) is 5.48. The van der Waals surface area contributed by atoms with Crippen molar-refractivity contribution in [2.75, 3.05) is 0 Å². The minimum Gasteiger partial charge on any atom is -0.507 e. The Labute approximate surface area is 158 Å². The van der Waals surface area contributed by atoms with Crippen molar-refractivity contribution in [1.29, 1.82) is 0 Å². The number of carboxylic acid groups (broad SMARTS) is 1. The number of hydrogen-bond donors (Lipinski definition) is 2. The maximum atomic E-state index is 11.8. The zero-order chi connectivity index (χ0) is 19.7. The van der Waals surface area contributed by atoms with Gasteiger partial charge in [-0.25, -0.2) is 9.59 Å². The third kappa shape index (κ3) is 3.90. The highest BCUT2D eigenvalue weighted by Gasteiger charge is 2.17. The third-order valence-electron chi connectivity index (χ3n) is 3.73. The molecular weight excluding hydrogens is 426 g/mol. The van der Waals surface area contributed by atoms with E-state index < -0.39 is 16.7 Å². The van der Waals surface area contributed by atoms with E-state index in [9.17, 15) is 24.8 Å². The lowest BCUT2D eigenvalue weighted by atomic mass is 10.0. The highest BCUT2D eigenvalue weighted by atomic mass is 79.9. The lowest BCUT2D eigenvalue weighted by Gasteiger charge is -2.10. The number of rotatable bonds is 4. The van der Waals surface area contributed by atoms with Crippen molar-refractivity contribution in [2.24, 2.45) is 0 Å². The lowest BCUT2D eigenvalue weighted by molar-refractivity contribution is -0.384. The van der Waals surface area contributed by atoms with Gasteiger partial charge in [0, 0.05) is 41.6 Å². The molecule has 0 amide bonds. The first-order chi connectivity index (χ1) is 12.7. The Bertz CT molecular complexity index is 1140. The van der Waals surface area contributed by atoms with Crippen LogP contribution in [0, 0.1) is 10.1 Å². The molecule has 138 valence electrons. The molecule has 0 aliphatic heterocycles. The van der Waals surface area contributed by atoms with Crippen LogP contribution < -0.4 is 10.4 Å². The number of halogens is 1. The maximum absolute atomic E-state index is 11.8. The number of fused-ring (bicyclic) bond motifs is 1. The number of benzene rings is 2. The first kappa shape index (κ1) is 18.4. The second-order valence-corrected chi connectivity index (χ2v) is 6.34. The van der Waals surface area contributed by atoms with Crippen LogP contribution >= 0.6 is 15.9 Å². The Hall–Kier alpha value is -3.40. The first-order valence-electron chi connectivity index (χ1n) is 7.38. The first-order valence-corrected chi connectivity index (χ1v) is 8.17. The highest BCUT2D eigenvalue weighted by molar-refractivity contribution is 9.10. The molecule has 10 heteroatoms. The van der Waals surface area contributed by atoms with Crippen molar-refractivity contribution in [3.63, 3.8) is 0 Å². The summed E-state index contributed by atoms with van der Waals surface area (Å²) in [5.41, 5.74) is -0.219. The Balaban J connectivity index is 2.18. The second kappa shape index (κ2) is 7.08. The summed E-state index contributed by atoms with van der Waals surface area (Å²) in [4.78, 5) is 33.1. The van der Waals surface area contributed by atoms with Crippen molar-refractivity contribution in [2.45, 2.75) is 6.42 Å². The van der Waals surface area contributed by atoms with E-state index in [1.807, 2.05) is 0 Å². The summed E-state index contributed by atoms with van der Waals surface area (Å²) in [7, 11) is 0. The maximum Gasteiger partial charge on any atom is 0.511 e. The van der Waals surface area contributed by atoms with Crippen LogP contribution in [-0.4, -0.2) is 21.3 Å². The molecule has 0 unspecified atom stereocenters. The van der Waals surface area contributed by atoms with Crippen LogP contribution in [0.3, 0.4) is 0 Å². The Morgan fingerprint density at radius 1 is 1.22 bits per heavy atom. The predicted octanol–water partition coefficient (Wildman–Crippen LogP) is 3.82. The van der Waals surface area contributed by atoms with E-state index in [0.717, 1.165) is 6.07 Å². The summed E-state index contributed by atoms with van der Waals surface area (Å²) < 4.78 is 10.1. The van der Waals surface area contributed by atoms with Gasteiger partial charge in [0.2, 0.25) is 0 Å². The topological polar surface area (TPSA) is 140 Å². The van der Waals surface area contributed by atoms with Gasteiger partial charge in [0.25, 0.3) is 5.69 Å². The van der Waals surface area contributed by atoms with Crippen molar-refractivity contribution in [3.05, 3.63) is 72.5 Å². The van der Waals surface area contributed by atoms with E-state index in [0.29, 0.717) is 15.4 Å². The molecule has 27 heavy (non-hydrogen) atoms. The van der Waals surface area contributed by atoms with Gasteiger partial charge in [0.15, 0.2) is 0 Å². The molecule has 0 saturated carbocycles. The van der Waals surface area contributed by atoms with Crippen molar-refractivity contribution < 1.29 is 29.1 Å². The standard InChI is InChI=1S/C17H10BrNO8/c18-12-6-11-8(5-16(21)26-15(11)7-13(12)20)3-9-4-10(19(24)25)1-2-14(9)27-17(22)23/h1-2,4-7,20H,3H2,(H,22,23). The molecule has 0 saturated heterocycles. The molecule has 2 N–H and O–H groups in total. The van der Waals surface area contributed by atoms with E-state index in [-0.39, 0.29) is 34.8 Å². The summed E-state index contributed by atoms with van der Waals surface area (Å²) in [6, 6.07) is 7.44. The number of hydrogen-bond acceptors (Lipinski definition) is 7. The summed E-state index contributed by atoms with van der Waals surface area (Å²) in [6.07, 6.45) is -1.61. The SMILES string of the molecule is O=C(O)Oc1ccc([N+](=O)[O-])cc1Cc1cc(=O)oc2cc(O)c(Br)cc12. The molecule has 0 spiro atoms. The van der Waals surface area contributed by atoms with Gasteiger partial charge in [-0.05, 0) is 33.6 Å². The number of aromatic hydroxyl groups is 1. The molecule has 9 nitrogen and oxygen atoms in total. The van der Waals surface area contributed by atoms with Crippen LogP contribution in [0.15, 0.2) is 50.1 Å². The molecule has 0 bridgehead atoms. The Morgan fingerprint density at radius 2 is 1.96 bits per heavy atom. The van der Waals surface area contributed by atoms with Crippen molar-refractivity contribution >= 4 is 38.7 Å². The molecule has 3 aromatic rings. The number of nitrogens with zero attached hydrogens (tertiary/aromatic N) is 1. The van der Waals surface area contributed by atoms with Gasteiger partial charge >= 0.3 is 11.8 Å². The van der Waals surface area contributed by atoms with Gasteiger partial charge in [-0.3, -0.25) is 10.1 Å². The smallest absolute Gasteiger partial charge is 0.507 e. The number of nitro groups is 1. The van der Waals surface area contributed by atoms with Crippen LogP contribution in [0.2, 0.25) is 0 Å². The molecule has 0 radical (unpaired) electrons. The van der Waals surface area contributed by atoms with E-state index in [1.165, 1.54) is 30.3 Å². The molecule has 1 heterocycles. The van der Waals surface area contributed by atoms with Crippen molar-refractivity contribution in [3.8, 4) is 11.5 Å². The fraction of sp³-hybridized carbons (Fsp3) is 0.0588. The Morgan fingerprint density at radius 3 is 2.63 bits per heavy atom. The average Bonchev–Trinajstić information content (AvgIpc) is 2.57. The average molecular weight is 436 g/mol. The van der Waals surface area contributed by atoms with Crippen LogP contribution in [0.5, 0.6) is 11.5 Å². The molecule has 0 aliphatic carbocycles. The van der Waals surface area contributed by atoms with E-state index in [2.05, 4.69) is 20.7 Å². The minimum atomic E-state index is -1.57. The Kier molecular flexibility index (Phi) is 4.82. The quantitative estimate of drug-likeness (QED) is 0.207. The van der Waals surface area contributed by atoms with E-state index in [4.69, 9.17) is 9.52 Å². The molecule has 3 rings (SSSR count). The molecule has 1 aromatic heterocycles. The number of non-ortho nitro benzene ring substituents is 1. The van der Waals surface area contributed by atoms with Crippen LogP contribution in [-0.2, 0) is 6.42 Å². The van der Waals surface area contributed by atoms with Gasteiger partial charge in [-0.15, -0.1) is 0 Å². The van der Waals surface area contributed by atoms with Gasteiger partial charge < -0.3 is 19.4 Å². The van der Waals surface area contributed by atoms with Crippen LogP contribution in [0.4, 0.5) is 10.5 Å². The monoisotopic (exact) mass is 435 g/mol. The fourth-order valence-corrected chi connectivity index (χ4v) is 2.94. The number of phenols is 1. The van der Waals surface area contributed by atoms with E-state index in [1.54, 1.807) is 0 Å².